The van der Waals surface area contributed by atoms with Gasteiger partial charge in [-0.2, -0.15) is 26.3 Å². The lowest BCUT2D eigenvalue weighted by atomic mass is 9.82. The molecule has 20 heavy (non-hydrogen) atoms. The summed E-state index contributed by atoms with van der Waals surface area (Å²) in [5.41, 5.74) is -3.96. The lowest BCUT2D eigenvalue weighted by molar-refractivity contribution is -0.320. The molecule has 1 heterocycles. The van der Waals surface area contributed by atoms with Crippen molar-refractivity contribution in [3.8, 4) is 0 Å². The standard InChI is InChI=1S/C10H10BrF6NO2/c1-3(19)20-5-2-4-6(11)7(5)18-8(4,9(12,13)14)10(15,16)17/h4-7,18H,2H2,1H3/t4-,5-,6?,7+/m1/s1. The highest BCUT2D eigenvalue weighted by Gasteiger charge is 2.81. The normalized spacial score (nSPS) is 36.2. The third-order valence-electron chi connectivity index (χ3n) is 3.78. The number of hydrogen-bond acceptors (Lipinski definition) is 3. The molecule has 1 aliphatic heterocycles. The maximum absolute atomic E-state index is 13.0. The molecular formula is C10H10BrF6NO2. The molecule has 4 atom stereocenters. The minimum atomic E-state index is -5.49. The quantitative estimate of drug-likeness (QED) is 0.438. The van der Waals surface area contributed by atoms with E-state index in [9.17, 15) is 31.1 Å². The van der Waals surface area contributed by atoms with Gasteiger partial charge in [0.1, 0.15) is 6.10 Å². The number of piperidine rings is 1. The van der Waals surface area contributed by atoms with Crippen LogP contribution in [0, 0.1) is 5.92 Å². The Morgan fingerprint density at radius 2 is 1.75 bits per heavy atom. The first kappa shape index (κ1) is 15.9. The van der Waals surface area contributed by atoms with Crippen molar-refractivity contribution in [2.24, 2.45) is 5.92 Å². The van der Waals surface area contributed by atoms with Crippen molar-refractivity contribution in [3.63, 3.8) is 0 Å². The predicted molar refractivity (Wildman–Crippen MR) is 58.1 cm³/mol. The van der Waals surface area contributed by atoms with Crippen LogP contribution in [0.3, 0.4) is 0 Å². The molecule has 2 bridgehead atoms. The van der Waals surface area contributed by atoms with Gasteiger partial charge >= 0.3 is 18.3 Å². The van der Waals surface area contributed by atoms with Crippen molar-refractivity contribution in [1.82, 2.24) is 5.32 Å². The SMILES string of the molecule is CC(=O)O[C@@H]1C[C@@H]2C(Br)[C@H]1NC2(C(F)(F)F)C(F)(F)F. The van der Waals surface area contributed by atoms with Crippen molar-refractivity contribution in [3.05, 3.63) is 0 Å². The second-order valence-electron chi connectivity index (χ2n) is 4.91. The molecule has 1 unspecified atom stereocenters. The first-order valence-electron chi connectivity index (χ1n) is 5.64. The number of carbonyl (C=O) groups is 1. The van der Waals surface area contributed by atoms with Gasteiger partial charge in [-0.1, -0.05) is 15.9 Å². The topological polar surface area (TPSA) is 38.3 Å². The number of carbonyl (C=O) groups excluding carboxylic acids is 1. The molecule has 116 valence electrons. The molecule has 3 nitrogen and oxygen atoms in total. The van der Waals surface area contributed by atoms with E-state index >= 15 is 0 Å². The molecule has 2 aliphatic rings. The van der Waals surface area contributed by atoms with Crippen LogP contribution in [0.15, 0.2) is 0 Å². The molecule has 0 aromatic carbocycles. The first-order valence-corrected chi connectivity index (χ1v) is 6.56. The molecule has 2 fully saturated rings. The lowest BCUT2D eigenvalue weighted by Crippen LogP contribution is -2.70. The van der Waals surface area contributed by atoms with Gasteiger partial charge in [-0.3, -0.25) is 10.1 Å². The van der Waals surface area contributed by atoms with Gasteiger partial charge < -0.3 is 4.74 Å². The van der Waals surface area contributed by atoms with E-state index in [-0.39, 0.29) is 0 Å². The Hall–Kier alpha value is -0.510. The highest BCUT2D eigenvalue weighted by molar-refractivity contribution is 9.09. The highest BCUT2D eigenvalue weighted by Crippen LogP contribution is 2.59. The Morgan fingerprint density at radius 3 is 2.05 bits per heavy atom. The second kappa shape index (κ2) is 4.49. The van der Waals surface area contributed by atoms with Gasteiger partial charge in [0.15, 0.2) is 0 Å². The van der Waals surface area contributed by atoms with Crippen LogP contribution < -0.4 is 5.32 Å². The van der Waals surface area contributed by atoms with Gasteiger partial charge in [-0.15, -0.1) is 0 Å². The summed E-state index contributed by atoms with van der Waals surface area (Å²) in [6.45, 7) is 1.05. The molecule has 1 aliphatic carbocycles. The zero-order valence-electron chi connectivity index (χ0n) is 9.98. The van der Waals surface area contributed by atoms with Crippen LogP contribution in [0.2, 0.25) is 0 Å². The van der Waals surface area contributed by atoms with Crippen molar-refractivity contribution in [1.29, 1.82) is 0 Å². The summed E-state index contributed by atoms with van der Waals surface area (Å²) in [5, 5.41) is 1.61. The van der Waals surface area contributed by atoms with E-state index in [1.165, 1.54) is 0 Å². The van der Waals surface area contributed by atoms with E-state index in [0.29, 0.717) is 0 Å². The van der Waals surface area contributed by atoms with Gasteiger partial charge in [0.25, 0.3) is 0 Å². The van der Waals surface area contributed by atoms with E-state index in [1.807, 2.05) is 0 Å². The summed E-state index contributed by atoms with van der Waals surface area (Å²) >= 11 is 2.87. The highest BCUT2D eigenvalue weighted by atomic mass is 79.9. The average Bonchev–Trinajstić information content (AvgIpc) is 2.66. The fraction of sp³-hybridized carbons (Fsp3) is 0.900. The molecule has 1 saturated heterocycles. The third kappa shape index (κ3) is 2.02. The number of esters is 1. The Balaban J connectivity index is 2.37. The van der Waals surface area contributed by atoms with E-state index in [0.717, 1.165) is 6.92 Å². The molecule has 0 aromatic rings. The summed E-state index contributed by atoms with van der Waals surface area (Å²) in [6.07, 6.45) is -12.5. The molecule has 0 spiro atoms. The van der Waals surface area contributed by atoms with Gasteiger partial charge in [-0.25, -0.2) is 0 Å². The number of fused-ring (bicyclic) bond motifs is 2. The smallest absolute Gasteiger partial charge is 0.415 e. The van der Waals surface area contributed by atoms with Gasteiger partial charge in [-0.05, 0) is 6.42 Å². The molecule has 0 amide bonds. The van der Waals surface area contributed by atoms with E-state index in [4.69, 9.17) is 4.74 Å². The van der Waals surface area contributed by atoms with Crippen LogP contribution in [-0.2, 0) is 9.53 Å². The number of nitrogens with one attached hydrogen (secondary N) is 1. The van der Waals surface area contributed by atoms with Crippen LogP contribution >= 0.6 is 15.9 Å². The monoisotopic (exact) mass is 369 g/mol. The average molecular weight is 370 g/mol. The summed E-state index contributed by atoms with van der Waals surface area (Å²) in [7, 11) is 0. The Bertz CT molecular complexity index is 409. The number of hydrogen-bond donors (Lipinski definition) is 1. The minimum Gasteiger partial charge on any atom is -0.461 e. The molecule has 0 radical (unpaired) electrons. The summed E-state index contributed by atoms with van der Waals surface area (Å²) < 4.78 is 82.9. The van der Waals surface area contributed by atoms with Gasteiger partial charge in [0.2, 0.25) is 5.54 Å². The van der Waals surface area contributed by atoms with Crippen molar-refractivity contribution in [2.75, 3.05) is 0 Å². The largest absolute Gasteiger partial charge is 0.461 e. The minimum absolute atomic E-state index is 0.494. The maximum Gasteiger partial charge on any atom is 0.415 e. The molecule has 1 saturated carbocycles. The molecule has 2 rings (SSSR count). The Kier molecular flexibility index (Phi) is 3.56. The molecule has 1 N–H and O–H groups in total. The summed E-state index contributed by atoms with van der Waals surface area (Å²) in [5.74, 6) is -2.52. The van der Waals surface area contributed by atoms with Crippen molar-refractivity contribution >= 4 is 21.9 Å². The van der Waals surface area contributed by atoms with Crippen molar-refractivity contribution < 1.29 is 35.9 Å². The number of alkyl halides is 7. The zero-order chi connectivity index (χ0) is 15.5. The van der Waals surface area contributed by atoms with Crippen LogP contribution in [0.5, 0.6) is 0 Å². The zero-order valence-corrected chi connectivity index (χ0v) is 11.6. The molecule has 10 heteroatoms. The van der Waals surface area contributed by atoms with E-state index < -0.39 is 53.2 Å². The number of ether oxygens (including phenoxy) is 1. The predicted octanol–water partition coefficient (Wildman–Crippen LogP) is 2.54. The molecular weight excluding hydrogens is 360 g/mol. The first-order chi connectivity index (χ1) is 8.92. The van der Waals surface area contributed by atoms with Crippen molar-refractivity contribution in [2.45, 2.75) is 48.2 Å². The number of halogens is 7. The third-order valence-corrected chi connectivity index (χ3v) is 4.98. The fourth-order valence-electron chi connectivity index (χ4n) is 3.02. The van der Waals surface area contributed by atoms with Crippen LogP contribution in [0.1, 0.15) is 13.3 Å². The van der Waals surface area contributed by atoms with Crippen LogP contribution in [-0.4, -0.2) is 40.8 Å². The maximum atomic E-state index is 13.0. The summed E-state index contributed by atoms with van der Waals surface area (Å²) in [4.78, 5) is 9.75. The van der Waals surface area contributed by atoms with E-state index in [2.05, 4.69) is 15.9 Å². The lowest BCUT2D eigenvalue weighted by Gasteiger charge is -2.42. The second-order valence-corrected chi connectivity index (χ2v) is 5.97. The van der Waals surface area contributed by atoms with Gasteiger partial charge in [0, 0.05) is 17.7 Å². The number of rotatable bonds is 1. The van der Waals surface area contributed by atoms with Crippen LogP contribution in [0.25, 0.3) is 0 Å². The fourth-order valence-corrected chi connectivity index (χ4v) is 4.10. The van der Waals surface area contributed by atoms with E-state index in [1.54, 1.807) is 5.32 Å². The summed E-state index contributed by atoms with van der Waals surface area (Å²) in [6, 6.07) is -1.23. The van der Waals surface area contributed by atoms with Gasteiger partial charge in [0.05, 0.1) is 6.04 Å². The molecule has 0 aromatic heterocycles. The Morgan fingerprint density at radius 1 is 1.25 bits per heavy atom. The van der Waals surface area contributed by atoms with Crippen LogP contribution in [0.4, 0.5) is 26.3 Å². The Labute approximate surface area is 118 Å².